The minimum atomic E-state index is -1.10. The van der Waals surface area contributed by atoms with Crippen molar-refractivity contribution in [1.29, 1.82) is 0 Å². The first-order valence-corrected chi connectivity index (χ1v) is 11.0. The Hall–Kier alpha value is -3.98. The van der Waals surface area contributed by atoms with E-state index >= 15 is 0 Å². The Bertz CT molecular complexity index is 1230. The van der Waals surface area contributed by atoms with E-state index in [0.717, 1.165) is 39.8 Å². The molecule has 2 aromatic carbocycles. The van der Waals surface area contributed by atoms with E-state index in [1.54, 1.807) is 35.9 Å². The molecule has 176 valence electrons. The molecule has 3 amide bonds. The van der Waals surface area contributed by atoms with Crippen molar-refractivity contribution in [1.82, 2.24) is 15.4 Å². The number of aromatic amines is 1. The molecule has 1 aliphatic rings. The number of aromatic nitrogens is 1. The summed E-state index contributed by atoms with van der Waals surface area (Å²) in [6.07, 6.45) is 4.26. The van der Waals surface area contributed by atoms with Crippen LogP contribution in [0.5, 0.6) is 0 Å². The van der Waals surface area contributed by atoms with Crippen LogP contribution in [0.1, 0.15) is 51.1 Å². The summed E-state index contributed by atoms with van der Waals surface area (Å²) >= 11 is 0. The van der Waals surface area contributed by atoms with Crippen LogP contribution in [0.4, 0.5) is 0 Å². The van der Waals surface area contributed by atoms with E-state index in [0.29, 0.717) is 6.42 Å². The van der Waals surface area contributed by atoms with E-state index in [-0.39, 0.29) is 24.0 Å². The maximum Gasteiger partial charge on any atom is 0.329 e. The van der Waals surface area contributed by atoms with Gasteiger partial charge in [0.25, 0.3) is 11.8 Å². The molecule has 2 heterocycles. The van der Waals surface area contributed by atoms with Crippen LogP contribution in [0.2, 0.25) is 0 Å². The molecular weight excluding hydrogens is 438 g/mol. The number of rotatable bonds is 9. The van der Waals surface area contributed by atoms with Gasteiger partial charge in [0.05, 0.1) is 18.2 Å². The van der Waals surface area contributed by atoms with Gasteiger partial charge < -0.3 is 9.72 Å². The van der Waals surface area contributed by atoms with Gasteiger partial charge in [-0.25, -0.2) is 10.3 Å². The second-order valence-electron chi connectivity index (χ2n) is 8.20. The summed E-state index contributed by atoms with van der Waals surface area (Å²) in [5, 5.41) is 9.47. The Labute approximate surface area is 195 Å². The third kappa shape index (κ3) is 4.42. The highest BCUT2D eigenvalue weighted by atomic mass is 16.5. The highest BCUT2D eigenvalue weighted by molar-refractivity contribution is 6.22. The van der Waals surface area contributed by atoms with Gasteiger partial charge in [0.15, 0.2) is 0 Å². The molecule has 9 heteroatoms. The number of hydrogen-bond acceptors (Lipinski definition) is 6. The van der Waals surface area contributed by atoms with Crippen molar-refractivity contribution >= 4 is 34.6 Å². The Morgan fingerprint density at radius 3 is 2.44 bits per heavy atom. The maximum atomic E-state index is 13.0. The number of hydroxylamine groups is 1. The number of carbonyl (C=O) groups excluding carboxylic acids is 4. The van der Waals surface area contributed by atoms with Crippen molar-refractivity contribution in [3.8, 4) is 0 Å². The van der Waals surface area contributed by atoms with Crippen molar-refractivity contribution in [3.63, 3.8) is 0 Å². The molecule has 34 heavy (non-hydrogen) atoms. The largest absolute Gasteiger partial charge is 0.467 e. The average molecular weight is 463 g/mol. The van der Waals surface area contributed by atoms with Crippen molar-refractivity contribution in [3.05, 3.63) is 70.9 Å². The number of esters is 1. The molecule has 9 nitrogen and oxygen atoms in total. The van der Waals surface area contributed by atoms with E-state index in [2.05, 4.69) is 4.98 Å². The van der Waals surface area contributed by atoms with Crippen LogP contribution < -0.4 is 5.48 Å². The van der Waals surface area contributed by atoms with E-state index in [1.165, 1.54) is 7.11 Å². The number of hydrogen-bond donors (Lipinski definition) is 3. The summed E-state index contributed by atoms with van der Waals surface area (Å²) in [6, 6.07) is 11.3. The summed E-state index contributed by atoms with van der Waals surface area (Å²) < 4.78 is 4.95. The predicted octanol–water partition coefficient (Wildman–Crippen LogP) is 2.77. The highest BCUT2D eigenvalue weighted by Gasteiger charge is 2.43. The first-order chi connectivity index (χ1) is 16.4. The lowest BCUT2D eigenvalue weighted by molar-refractivity contribution is -0.145. The Balaban J connectivity index is 1.57. The van der Waals surface area contributed by atoms with Gasteiger partial charge in [-0.3, -0.25) is 24.5 Å². The van der Waals surface area contributed by atoms with E-state index in [9.17, 15) is 19.2 Å². The summed E-state index contributed by atoms with van der Waals surface area (Å²) in [5.41, 5.74) is 4.87. The number of nitrogens with zero attached hydrogens (tertiary/aromatic N) is 1. The summed E-state index contributed by atoms with van der Waals surface area (Å²) in [4.78, 5) is 54.0. The number of methoxy groups -OCH3 is 1. The van der Waals surface area contributed by atoms with E-state index < -0.39 is 29.7 Å². The van der Waals surface area contributed by atoms with Crippen LogP contribution in [0, 0.1) is 0 Å². The number of ether oxygens (including phenoxy) is 1. The quantitative estimate of drug-likeness (QED) is 0.147. The van der Waals surface area contributed by atoms with Gasteiger partial charge in [-0.1, -0.05) is 18.2 Å². The average Bonchev–Trinajstić information content (AvgIpc) is 3.37. The molecule has 0 bridgehead atoms. The Morgan fingerprint density at radius 2 is 1.79 bits per heavy atom. The summed E-state index contributed by atoms with van der Waals surface area (Å²) in [7, 11) is 1.23. The van der Waals surface area contributed by atoms with Crippen molar-refractivity contribution in [2.24, 2.45) is 0 Å². The molecule has 0 fully saturated rings. The maximum absolute atomic E-state index is 13.0. The van der Waals surface area contributed by atoms with Crippen LogP contribution in [0.25, 0.3) is 10.9 Å². The predicted molar refractivity (Wildman–Crippen MR) is 122 cm³/mol. The van der Waals surface area contributed by atoms with Crippen LogP contribution in [0.3, 0.4) is 0 Å². The van der Waals surface area contributed by atoms with Gasteiger partial charge in [-0.2, -0.15) is 0 Å². The van der Waals surface area contributed by atoms with Gasteiger partial charge in [-0.15, -0.1) is 0 Å². The lowest BCUT2D eigenvalue weighted by atomic mass is 10.00. The molecule has 0 saturated heterocycles. The minimum absolute atomic E-state index is 0.109. The monoisotopic (exact) mass is 463 g/mol. The smallest absolute Gasteiger partial charge is 0.329 e. The van der Waals surface area contributed by atoms with Gasteiger partial charge in [0.2, 0.25) is 5.91 Å². The number of amides is 3. The Kier molecular flexibility index (Phi) is 6.74. The molecule has 0 unspecified atom stereocenters. The lowest BCUT2D eigenvalue weighted by Gasteiger charge is -2.23. The fraction of sp³-hybridized carbons (Fsp3) is 0.280. The number of fused-ring (bicyclic) bond motifs is 2. The molecule has 0 saturated carbocycles. The molecular formula is C25H25N3O6. The van der Waals surface area contributed by atoms with Crippen LogP contribution in [-0.4, -0.2) is 51.9 Å². The lowest BCUT2D eigenvalue weighted by Crippen LogP contribution is -2.46. The van der Waals surface area contributed by atoms with Crippen LogP contribution in [0.15, 0.2) is 48.7 Å². The molecule has 1 aromatic heterocycles. The number of benzene rings is 2. The second kappa shape index (κ2) is 9.88. The highest BCUT2D eigenvalue weighted by Crippen LogP contribution is 2.29. The topological polar surface area (TPSA) is 129 Å². The molecule has 1 atom stereocenters. The zero-order valence-corrected chi connectivity index (χ0v) is 18.7. The SMILES string of the molecule is COC(=O)[C@H](Cc1c[nH]c2ccc(CCCCC(=O)NO)cc12)N1C(=O)c2ccccc2C1=O. The summed E-state index contributed by atoms with van der Waals surface area (Å²) in [5.74, 6) is -2.10. The third-order valence-electron chi connectivity index (χ3n) is 6.10. The molecule has 4 rings (SSSR count). The zero-order chi connectivity index (χ0) is 24.2. The van der Waals surface area contributed by atoms with Gasteiger partial charge >= 0.3 is 5.97 Å². The minimum Gasteiger partial charge on any atom is -0.467 e. The summed E-state index contributed by atoms with van der Waals surface area (Å²) in [6.45, 7) is 0. The number of carbonyl (C=O) groups is 4. The van der Waals surface area contributed by atoms with Crippen LogP contribution >= 0.6 is 0 Å². The third-order valence-corrected chi connectivity index (χ3v) is 6.10. The number of H-pyrrole nitrogens is 1. The normalized spacial score (nSPS) is 13.8. The number of unbranched alkanes of at least 4 members (excludes halogenated alkanes) is 1. The molecule has 3 aromatic rings. The number of imide groups is 1. The number of nitrogens with one attached hydrogen (secondary N) is 2. The van der Waals surface area contributed by atoms with Gasteiger partial charge in [0.1, 0.15) is 6.04 Å². The van der Waals surface area contributed by atoms with Crippen molar-refractivity contribution in [2.45, 2.75) is 38.1 Å². The molecule has 0 radical (unpaired) electrons. The van der Waals surface area contributed by atoms with Crippen molar-refractivity contribution in [2.75, 3.05) is 7.11 Å². The zero-order valence-electron chi connectivity index (χ0n) is 18.7. The second-order valence-corrected chi connectivity index (χ2v) is 8.20. The first-order valence-electron chi connectivity index (χ1n) is 11.0. The van der Waals surface area contributed by atoms with Gasteiger partial charge in [0, 0.05) is 29.9 Å². The molecule has 0 spiro atoms. The van der Waals surface area contributed by atoms with Gasteiger partial charge in [-0.05, 0) is 54.7 Å². The Morgan fingerprint density at radius 1 is 1.09 bits per heavy atom. The first kappa shape index (κ1) is 23.2. The molecule has 1 aliphatic heterocycles. The van der Waals surface area contributed by atoms with Crippen LogP contribution in [-0.2, 0) is 27.2 Å². The number of aryl methyl sites for hydroxylation is 1. The standard InChI is InChI=1S/C25H25N3O6/c1-34-25(32)21(28-23(30)17-7-3-4-8-18(17)24(28)31)13-16-14-26-20-11-10-15(12-19(16)20)6-2-5-9-22(29)27-33/h3-4,7-8,10-12,14,21,26,33H,2,5-6,9,13H2,1H3,(H,27,29)/t21-/m0/s1. The molecule has 0 aliphatic carbocycles. The van der Waals surface area contributed by atoms with Crippen molar-refractivity contribution < 1.29 is 29.1 Å². The molecule has 3 N–H and O–H groups in total. The fourth-order valence-corrected chi connectivity index (χ4v) is 4.34. The van der Waals surface area contributed by atoms with E-state index in [4.69, 9.17) is 9.94 Å². The van der Waals surface area contributed by atoms with E-state index in [1.807, 2.05) is 18.2 Å². The fourth-order valence-electron chi connectivity index (χ4n) is 4.34.